The van der Waals surface area contributed by atoms with E-state index in [1.807, 2.05) is 35.7 Å². The van der Waals surface area contributed by atoms with Crippen molar-refractivity contribution in [3.05, 3.63) is 59.5 Å². The standard InChI is InChI=1S/C17H17ClN4O2/c1-11(16-21-20-15-5-3-4-10-22(15)16)19-17(23)12(2)24-14-8-6-13(18)7-9-14/h3-12H,1-2H3,(H,19,23)/t11-,12+/m1/s1. The van der Waals surface area contributed by atoms with Crippen LogP contribution >= 0.6 is 11.6 Å². The molecule has 0 aliphatic heterocycles. The van der Waals surface area contributed by atoms with Gasteiger partial charge in [0, 0.05) is 11.2 Å². The topological polar surface area (TPSA) is 68.5 Å². The molecule has 0 fully saturated rings. The van der Waals surface area contributed by atoms with Gasteiger partial charge in [0.2, 0.25) is 0 Å². The number of hydrogen-bond donors (Lipinski definition) is 1. The van der Waals surface area contributed by atoms with Crippen molar-refractivity contribution in [2.75, 3.05) is 0 Å². The molecule has 0 saturated heterocycles. The van der Waals surface area contributed by atoms with Crippen LogP contribution in [-0.4, -0.2) is 26.6 Å². The minimum absolute atomic E-state index is 0.231. The first-order valence-electron chi connectivity index (χ1n) is 7.57. The fourth-order valence-electron chi connectivity index (χ4n) is 2.32. The normalized spacial score (nSPS) is 13.5. The highest BCUT2D eigenvalue weighted by molar-refractivity contribution is 6.30. The summed E-state index contributed by atoms with van der Waals surface area (Å²) in [6, 6.07) is 12.2. The van der Waals surface area contributed by atoms with E-state index in [2.05, 4.69) is 15.5 Å². The molecule has 124 valence electrons. The third-order valence-electron chi connectivity index (χ3n) is 3.58. The number of ether oxygens (including phenoxy) is 1. The van der Waals surface area contributed by atoms with Crippen LogP contribution in [0.1, 0.15) is 25.7 Å². The smallest absolute Gasteiger partial charge is 0.261 e. The van der Waals surface area contributed by atoms with Gasteiger partial charge < -0.3 is 10.1 Å². The van der Waals surface area contributed by atoms with Gasteiger partial charge in [-0.15, -0.1) is 10.2 Å². The second-order valence-electron chi connectivity index (χ2n) is 5.43. The summed E-state index contributed by atoms with van der Waals surface area (Å²) in [6.45, 7) is 3.55. The molecule has 7 heteroatoms. The van der Waals surface area contributed by atoms with Gasteiger partial charge in [-0.3, -0.25) is 9.20 Å². The van der Waals surface area contributed by atoms with Gasteiger partial charge in [-0.25, -0.2) is 0 Å². The van der Waals surface area contributed by atoms with Gasteiger partial charge in [0.25, 0.3) is 5.91 Å². The third-order valence-corrected chi connectivity index (χ3v) is 3.83. The highest BCUT2D eigenvalue weighted by Crippen LogP contribution is 2.17. The summed E-state index contributed by atoms with van der Waals surface area (Å²) < 4.78 is 7.47. The lowest BCUT2D eigenvalue weighted by Crippen LogP contribution is -2.38. The molecule has 2 heterocycles. The minimum Gasteiger partial charge on any atom is -0.481 e. The fraction of sp³-hybridized carbons (Fsp3) is 0.235. The number of carbonyl (C=O) groups excluding carboxylic acids is 1. The van der Waals surface area contributed by atoms with Crippen LogP contribution in [-0.2, 0) is 4.79 Å². The molecule has 3 aromatic rings. The Kier molecular flexibility index (Phi) is 4.66. The average Bonchev–Trinajstić information content (AvgIpc) is 3.01. The Morgan fingerprint density at radius 1 is 1.17 bits per heavy atom. The summed E-state index contributed by atoms with van der Waals surface area (Å²) in [5, 5.41) is 11.7. The molecule has 0 radical (unpaired) electrons. The van der Waals surface area contributed by atoms with Crippen LogP contribution in [0, 0.1) is 0 Å². The number of rotatable bonds is 5. The number of pyridine rings is 1. The molecular formula is C17H17ClN4O2. The highest BCUT2D eigenvalue weighted by atomic mass is 35.5. The van der Waals surface area contributed by atoms with Crippen molar-refractivity contribution in [1.29, 1.82) is 0 Å². The molecule has 0 aliphatic rings. The van der Waals surface area contributed by atoms with Crippen molar-refractivity contribution in [2.24, 2.45) is 0 Å². The Morgan fingerprint density at radius 2 is 1.92 bits per heavy atom. The molecule has 1 aromatic carbocycles. The van der Waals surface area contributed by atoms with Crippen LogP contribution in [0.15, 0.2) is 48.7 Å². The maximum atomic E-state index is 12.3. The summed E-state index contributed by atoms with van der Waals surface area (Å²) >= 11 is 5.83. The van der Waals surface area contributed by atoms with Crippen LogP contribution in [0.25, 0.3) is 5.65 Å². The molecule has 0 aliphatic carbocycles. The number of hydrogen-bond acceptors (Lipinski definition) is 4. The van der Waals surface area contributed by atoms with E-state index in [-0.39, 0.29) is 11.9 Å². The largest absolute Gasteiger partial charge is 0.481 e. The molecule has 0 saturated carbocycles. The first kappa shape index (κ1) is 16.3. The van der Waals surface area contributed by atoms with Crippen LogP contribution in [0.3, 0.4) is 0 Å². The summed E-state index contributed by atoms with van der Waals surface area (Å²) in [6.07, 6.45) is 1.22. The minimum atomic E-state index is -0.646. The zero-order valence-electron chi connectivity index (χ0n) is 13.3. The summed E-state index contributed by atoms with van der Waals surface area (Å²) in [5.74, 6) is 1.02. The molecular weight excluding hydrogens is 328 g/mol. The second kappa shape index (κ2) is 6.88. The summed E-state index contributed by atoms with van der Waals surface area (Å²) in [4.78, 5) is 12.3. The van der Waals surface area contributed by atoms with Gasteiger partial charge in [0.05, 0.1) is 6.04 Å². The van der Waals surface area contributed by atoms with Gasteiger partial charge in [-0.1, -0.05) is 17.7 Å². The molecule has 24 heavy (non-hydrogen) atoms. The third kappa shape index (κ3) is 3.49. The van der Waals surface area contributed by atoms with Crippen molar-refractivity contribution >= 4 is 23.2 Å². The van der Waals surface area contributed by atoms with Crippen LogP contribution in [0.2, 0.25) is 5.02 Å². The molecule has 0 bridgehead atoms. The van der Waals surface area contributed by atoms with E-state index >= 15 is 0 Å². The molecule has 2 aromatic heterocycles. The van der Waals surface area contributed by atoms with Gasteiger partial charge in [-0.2, -0.15) is 0 Å². The lowest BCUT2D eigenvalue weighted by atomic mass is 10.2. The summed E-state index contributed by atoms with van der Waals surface area (Å²) in [5.41, 5.74) is 0.735. The molecule has 0 unspecified atom stereocenters. The number of halogens is 1. The van der Waals surface area contributed by atoms with Gasteiger partial charge in [-0.05, 0) is 50.2 Å². The van der Waals surface area contributed by atoms with Gasteiger partial charge >= 0.3 is 0 Å². The van der Waals surface area contributed by atoms with Crippen LogP contribution < -0.4 is 10.1 Å². The number of amides is 1. The Morgan fingerprint density at radius 3 is 2.67 bits per heavy atom. The zero-order chi connectivity index (χ0) is 17.1. The van der Waals surface area contributed by atoms with E-state index in [0.717, 1.165) is 5.65 Å². The van der Waals surface area contributed by atoms with Gasteiger partial charge in [0.1, 0.15) is 5.75 Å². The van der Waals surface area contributed by atoms with E-state index in [1.165, 1.54) is 0 Å². The number of fused-ring (bicyclic) bond motifs is 1. The van der Waals surface area contributed by atoms with E-state index in [4.69, 9.17) is 16.3 Å². The fourth-order valence-corrected chi connectivity index (χ4v) is 2.45. The molecule has 6 nitrogen and oxygen atoms in total. The van der Waals surface area contributed by atoms with Crippen molar-refractivity contribution in [3.63, 3.8) is 0 Å². The molecule has 1 N–H and O–H groups in total. The SMILES string of the molecule is C[C@H](Oc1ccc(Cl)cc1)C(=O)N[C@H](C)c1nnc2ccccn12. The van der Waals surface area contributed by atoms with Crippen molar-refractivity contribution in [2.45, 2.75) is 26.0 Å². The van der Waals surface area contributed by atoms with Crippen molar-refractivity contribution < 1.29 is 9.53 Å². The molecule has 0 spiro atoms. The summed E-state index contributed by atoms with van der Waals surface area (Å²) in [7, 11) is 0. The van der Waals surface area contributed by atoms with Gasteiger partial charge in [0.15, 0.2) is 17.6 Å². The Balaban J connectivity index is 1.66. The first-order valence-corrected chi connectivity index (χ1v) is 7.94. The molecule has 3 rings (SSSR count). The first-order chi connectivity index (χ1) is 11.5. The van der Waals surface area contributed by atoms with Crippen molar-refractivity contribution in [1.82, 2.24) is 19.9 Å². The van der Waals surface area contributed by atoms with E-state index in [0.29, 0.717) is 16.6 Å². The predicted octanol–water partition coefficient (Wildman–Crippen LogP) is 3.03. The van der Waals surface area contributed by atoms with E-state index < -0.39 is 6.10 Å². The highest BCUT2D eigenvalue weighted by Gasteiger charge is 2.20. The van der Waals surface area contributed by atoms with E-state index in [1.54, 1.807) is 31.2 Å². The maximum Gasteiger partial charge on any atom is 0.261 e. The average molecular weight is 345 g/mol. The quantitative estimate of drug-likeness (QED) is 0.772. The predicted molar refractivity (Wildman–Crippen MR) is 91.1 cm³/mol. The Labute approximate surface area is 144 Å². The number of carbonyl (C=O) groups is 1. The molecule has 1 amide bonds. The van der Waals surface area contributed by atoms with E-state index in [9.17, 15) is 4.79 Å². The van der Waals surface area contributed by atoms with Crippen LogP contribution in [0.5, 0.6) is 5.75 Å². The maximum absolute atomic E-state index is 12.3. The number of aromatic nitrogens is 3. The lowest BCUT2D eigenvalue weighted by molar-refractivity contribution is -0.128. The zero-order valence-corrected chi connectivity index (χ0v) is 14.1. The number of nitrogens with zero attached hydrogens (tertiary/aromatic N) is 3. The Bertz CT molecular complexity index is 847. The number of nitrogens with one attached hydrogen (secondary N) is 1. The van der Waals surface area contributed by atoms with Crippen molar-refractivity contribution in [3.8, 4) is 5.75 Å². The Hall–Kier alpha value is -2.60. The van der Waals surface area contributed by atoms with Crippen LogP contribution in [0.4, 0.5) is 0 Å². The second-order valence-corrected chi connectivity index (χ2v) is 5.87. The number of benzene rings is 1. The monoisotopic (exact) mass is 344 g/mol. The lowest BCUT2D eigenvalue weighted by Gasteiger charge is -2.18. The molecule has 2 atom stereocenters.